The lowest BCUT2D eigenvalue weighted by molar-refractivity contribution is -0.147. The smallest absolute Gasteiger partial charge is 0.318 e. The molecular formula is C20H34N4O4. The molecule has 28 heavy (non-hydrogen) atoms. The zero-order valence-corrected chi connectivity index (χ0v) is 17.4. The van der Waals surface area contributed by atoms with E-state index in [0.717, 1.165) is 19.3 Å². The number of nitrogens with one attached hydrogen (secondary N) is 2. The highest BCUT2D eigenvalue weighted by Crippen LogP contribution is 2.36. The summed E-state index contributed by atoms with van der Waals surface area (Å²) in [7, 11) is 3.93. The van der Waals surface area contributed by atoms with Crippen molar-refractivity contribution in [2.75, 3.05) is 46.8 Å². The van der Waals surface area contributed by atoms with Gasteiger partial charge in [-0.05, 0) is 45.8 Å². The minimum atomic E-state index is -1.36. The van der Waals surface area contributed by atoms with Gasteiger partial charge in [0.2, 0.25) is 5.91 Å². The lowest BCUT2D eigenvalue weighted by atomic mass is 9.72. The number of carbonyl (C=O) groups is 3. The molecule has 0 bridgehead atoms. The second kappa shape index (κ2) is 11.6. The van der Waals surface area contributed by atoms with E-state index in [1.54, 1.807) is 17.2 Å². The summed E-state index contributed by atoms with van der Waals surface area (Å²) in [5, 5.41) is 15.9. The fourth-order valence-electron chi connectivity index (χ4n) is 3.22. The minimum Gasteiger partial charge on any atom is -0.480 e. The van der Waals surface area contributed by atoms with Crippen LogP contribution in [0, 0.1) is 11.3 Å². The third-order valence-corrected chi connectivity index (χ3v) is 4.93. The number of hydrogen-bond donors (Lipinski definition) is 3. The number of nitrogens with zero attached hydrogens (tertiary/aromatic N) is 2. The van der Waals surface area contributed by atoms with Crippen molar-refractivity contribution in [3.05, 3.63) is 24.0 Å². The summed E-state index contributed by atoms with van der Waals surface area (Å²) in [6.07, 6.45) is 6.61. The quantitative estimate of drug-likeness (QED) is 0.395. The van der Waals surface area contributed by atoms with Crippen LogP contribution in [0.4, 0.5) is 0 Å². The van der Waals surface area contributed by atoms with Gasteiger partial charge in [0.15, 0.2) is 0 Å². The highest BCUT2D eigenvalue weighted by Gasteiger charge is 2.43. The third kappa shape index (κ3) is 6.45. The molecule has 1 rings (SSSR count). The molecule has 1 aliphatic rings. The van der Waals surface area contributed by atoms with Crippen LogP contribution < -0.4 is 10.6 Å². The topological polar surface area (TPSA) is 102 Å². The Kier molecular flexibility index (Phi) is 9.89. The molecule has 2 atom stereocenters. The third-order valence-electron chi connectivity index (χ3n) is 4.93. The van der Waals surface area contributed by atoms with Gasteiger partial charge in [-0.3, -0.25) is 9.59 Å². The monoisotopic (exact) mass is 394 g/mol. The van der Waals surface area contributed by atoms with Gasteiger partial charge in [0, 0.05) is 37.8 Å². The first-order valence-electron chi connectivity index (χ1n) is 9.78. The lowest BCUT2D eigenvalue weighted by Crippen LogP contribution is -2.43. The average Bonchev–Trinajstić information content (AvgIpc) is 2.66. The van der Waals surface area contributed by atoms with Gasteiger partial charge in [0.05, 0.1) is 6.54 Å². The van der Waals surface area contributed by atoms with Gasteiger partial charge in [-0.15, -0.1) is 0 Å². The maximum Gasteiger partial charge on any atom is 0.318 e. The van der Waals surface area contributed by atoms with Crippen molar-refractivity contribution in [3.63, 3.8) is 0 Å². The van der Waals surface area contributed by atoms with Gasteiger partial charge in [0.1, 0.15) is 11.7 Å². The Morgan fingerprint density at radius 3 is 2.57 bits per heavy atom. The van der Waals surface area contributed by atoms with E-state index < -0.39 is 17.3 Å². The van der Waals surface area contributed by atoms with Crippen molar-refractivity contribution in [1.29, 1.82) is 0 Å². The number of aliphatic carboxylic acids is 1. The van der Waals surface area contributed by atoms with Gasteiger partial charge in [-0.1, -0.05) is 13.3 Å². The molecule has 0 aliphatic carbocycles. The normalized spacial score (nSPS) is 19.7. The molecule has 0 fully saturated rings. The van der Waals surface area contributed by atoms with Crippen LogP contribution >= 0.6 is 0 Å². The number of rotatable bonds is 13. The molecule has 1 heterocycles. The maximum absolute atomic E-state index is 12.4. The largest absolute Gasteiger partial charge is 0.480 e. The second-order valence-corrected chi connectivity index (χ2v) is 7.30. The molecule has 0 aromatic carbocycles. The van der Waals surface area contributed by atoms with E-state index in [1.165, 1.54) is 6.08 Å². The van der Waals surface area contributed by atoms with Crippen LogP contribution in [0.15, 0.2) is 24.0 Å². The van der Waals surface area contributed by atoms with E-state index in [0.29, 0.717) is 31.8 Å². The highest BCUT2D eigenvalue weighted by molar-refractivity contribution is 5.84. The van der Waals surface area contributed by atoms with E-state index in [-0.39, 0.29) is 12.5 Å². The van der Waals surface area contributed by atoms with Crippen LogP contribution in [-0.2, 0) is 14.4 Å². The Labute approximate surface area is 167 Å². The standard InChI is InChI=1S/C20H34N4O4/c1-5-7-16(15-25)20(19(27)28)8-9-22-17(12-20)13-21-14-18(26)24(6-2)11-10-23(3)4/h8-9,12,15-16,21-22H,5-7,10-11,13-14H2,1-4H3,(H,27,28). The van der Waals surface area contributed by atoms with Crippen molar-refractivity contribution in [2.45, 2.75) is 26.7 Å². The molecule has 0 aromatic rings. The summed E-state index contributed by atoms with van der Waals surface area (Å²) in [6, 6.07) is 0. The lowest BCUT2D eigenvalue weighted by Gasteiger charge is -2.32. The van der Waals surface area contributed by atoms with Gasteiger partial charge in [0.25, 0.3) is 0 Å². The molecule has 0 spiro atoms. The summed E-state index contributed by atoms with van der Waals surface area (Å²) in [5.74, 6) is -1.69. The van der Waals surface area contributed by atoms with Gasteiger partial charge < -0.3 is 30.3 Å². The Morgan fingerprint density at radius 1 is 1.32 bits per heavy atom. The van der Waals surface area contributed by atoms with E-state index in [9.17, 15) is 19.5 Å². The number of dihydropyridines is 1. The summed E-state index contributed by atoms with van der Waals surface area (Å²) in [6.45, 7) is 6.43. The van der Waals surface area contributed by atoms with E-state index in [1.807, 2.05) is 32.8 Å². The fraction of sp³-hybridized carbons (Fsp3) is 0.650. The molecule has 0 saturated carbocycles. The molecular weight excluding hydrogens is 360 g/mol. The zero-order chi connectivity index (χ0) is 21.2. The number of carbonyl (C=O) groups excluding carboxylic acids is 2. The van der Waals surface area contributed by atoms with Gasteiger partial charge >= 0.3 is 5.97 Å². The Hall–Kier alpha value is -2.19. The van der Waals surface area contributed by atoms with Crippen LogP contribution in [0.2, 0.25) is 0 Å². The van der Waals surface area contributed by atoms with Crippen LogP contribution in [-0.4, -0.2) is 79.9 Å². The van der Waals surface area contributed by atoms with Crippen LogP contribution in [0.3, 0.4) is 0 Å². The van der Waals surface area contributed by atoms with E-state index >= 15 is 0 Å². The molecule has 0 aromatic heterocycles. The summed E-state index contributed by atoms with van der Waals surface area (Å²) >= 11 is 0. The molecule has 2 unspecified atom stereocenters. The van der Waals surface area contributed by atoms with Crippen LogP contribution in [0.5, 0.6) is 0 Å². The summed E-state index contributed by atoms with van der Waals surface area (Å²) < 4.78 is 0. The maximum atomic E-state index is 12.4. The molecule has 0 saturated heterocycles. The number of hydrogen-bond acceptors (Lipinski definition) is 6. The first-order valence-corrected chi connectivity index (χ1v) is 9.78. The van der Waals surface area contributed by atoms with Crippen LogP contribution in [0.25, 0.3) is 0 Å². The van der Waals surface area contributed by atoms with E-state index in [4.69, 9.17) is 0 Å². The van der Waals surface area contributed by atoms with Crippen molar-refractivity contribution in [1.82, 2.24) is 20.4 Å². The Bertz CT molecular complexity index is 603. The van der Waals surface area contributed by atoms with Gasteiger partial charge in [-0.25, -0.2) is 0 Å². The van der Waals surface area contributed by atoms with Crippen molar-refractivity contribution in [3.8, 4) is 0 Å². The number of likely N-dealkylation sites (N-methyl/N-ethyl adjacent to an activating group) is 2. The number of carboxylic acid groups (broad SMARTS) is 1. The molecule has 1 amide bonds. The SMILES string of the molecule is CCCC(C=O)C1(C(=O)O)C=CNC(CNCC(=O)N(CC)CCN(C)C)=C1. The molecule has 1 aliphatic heterocycles. The Morgan fingerprint density at radius 2 is 2.04 bits per heavy atom. The van der Waals surface area contributed by atoms with Crippen LogP contribution in [0.1, 0.15) is 26.7 Å². The number of carboxylic acids is 1. The highest BCUT2D eigenvalue weighted by atomic mass is 16.4. The summed E-state index contributed by atoms with van der Waals surface area (Å²) in [5.41, 5.74) is -0.720. The zero-order valence-electron chi connectivity index (χ0n) is 17.4. The van der Waals surface area contributed by atoms with Gasteiger partial charge in [-0.2, -0.15) is 0 Å². The first-order chi connectivity index (χ1) is 13.3. The second-order valence-electron chi connectivity index (χ2n) is 7.30. The average molecular weight is 395 g/mol. The molecule has 0 radical (unpaired) electrons. The van der Waals surface area contributed by atoms with Crippen molar-refractivity contribution in [2.24, 2.45) is 11.3 Å². The molecule has 3 N–H and O–H groups in total. The Balaban J connectivity index is 2.74. The molecule has 158 valence electrons. The first kappa shape index (κ1) is 23.8. The summed E-state index contributed by atoms with van der Waals surface area (Å²) in [4.78, 5) is 39.6. The van der Waals surface area contributed by atoms with Crippen molar-refractivity contribution >= 4 is 18.2 Å². The molecule has 8 heteroatoms. The minimum absolute atomic E-state index is 0.00227. The predicted octanol–water partition coefficient (Wildman–Crippen LogP) is 0.673. The van der Waals surface area contributed by atoms with Crippen molar-refractivity contribution < 1.29 is 19.5 Å². The fourth-order valence-corrected chi connectivity index (χ4v) is 3.22. The molecule has 8 nitrogen and oxygen atoms in total. The van der Waals surface area contributed by atoms with E-state index in [2.05, 4.69) is 10.6 Å². The predicted molar refractivity (Wildman–Crippen MR) is 109 cm³/mol. The number of amides is 1. The number of aldehydes is 1.